The first-order chi connectivity index (χ1) is 8.53. The Morgan fingerprint density at radius 2 is 2.00 bits per heavy atom. The molecule has 0 aromatic heterocycles. The van der Waals surface area contributed by atoms with Crippen molar-refractivity contribution in [2.75, 3.05) is 0 Å². The van der Waals surface area contributed by atoms with Gasteiger partial charge in [-0.3, -0.25) is 9.59 Å². The summed E-state index contributed by atoms with van der Waals surface area (Å²) in [5.74, 6) is 0.778. The molecule has 2 aliphatic rings. The van der Waals surface area contributed by atoms with Crippen LogP contribution in [0.2, 0.25) is 0 Å². The van der Waals surface area contributed by atoms with Crippen LogP contribution in [0.1, 0.15) is 77.3 Å². The number of ketones is 1. The number of rotatable bonds is 2. The van der Waals surface area contributed by atoms with Crippen LogP contribution in [0.3, 0.4) is 0 Å². The van der Waals surface area contributed by atoms with Crippen LogP contribution in [-0.4, -0.2) is 12.1 Å². The Morgan fingerprint density at radius 3 is 2.61 bits per heavy atom. The summed E-state index contributed by atoms with van der Waals surface area (Å²) in [6, 6.07) is 3.86. The van der Waals surface area contributed by atoms with Gasteiger partial charge in [-0.05, 0) is 53.9 Å². The molecule has 0 unspecified atom stereocenters. The van der Waals surface area contributed by atoms with Gasteiger partial charge in [-0.25, -0.2) is 0 Å². The Kier molecular flexibility index (Phi) is 2.44. The van der Waals surface area contributed by atoms with E-state index in [9.17, 15) is 9.59 Å². The molecule has 0 radical (unpaired) electrons. The minimum atomic E-state index is 0.00586. The van der Waals surface area contributed by atoms with Gasteiger partial charge in [-0.1, -0.05) is 13.8 Å². The third-order valence-electron chi connectivity index (χ3n) is 4.33. The minimum absolute atomic E-state index is 0.00586. The van der Waals surface area contributed by atoms with Crippen LogP contribution in [0.25, 0.3) is 0 Å². The summed E-state index contributed by atoms with van der Waals surface area (Å²) < 4.78 is 0. The van der Waals surface area contributed by atoms with Gasteiger partial charge in [0, 0.05) is 17.5 Å². The van der Waals surface area contributed by atoms with Crippen LogP contribution < -0.4 is 0 Å². The van der Waals surface area contributed by atoms with E-state index in [1.54, 1.807) is 0 Å². The molecular weight excluding hydrogens is 224 g/mol. The number of hydrogen-bond acceptors (Lipinski definition) is 2. The number of aldehydes is 1. The summed E-state index contributed by atoms with van der Waals surface area (Å²) in [6.07, 6.45) is 4.73. The van der Waals surface area contributed by atoms with E-state index in [-0.39, 0.29) is 11.2 Å². The van der Waals surface area contributed by atoms with Gasteiger partial charge in [0.2, 0.25) is 0 Å². The molecule has 2 nitrogen and oxygen atoms in total. The third-order valence-corrected chi connectivity index (χ3v) is 4.33. The number of fused-ring (bicyclic) bond motifs is 1. The lowest BCUT2D eigenvalue weighted by molar-refractivity contribution is 0.0954. The molecule has 0 N–H and O–H groups in total. The maximum Gasteiger partial charge on any atom is 0.163 e. The average Bonchev–Trinajstić information content (AvgIpc) is 3.17. The normalized spacial score (nSPS) is 21.6. The first-order valence-corrected chi connectivity index (χ1v) is 6.70. The molecule has 0 spiro atoms. The molecule has 1 aromatic carbocycles. The van der Waals surface area contributed by atoms with Gasteiger partial charge >= 0.3 is 0 Å². The Bertz CT molecular complexity index is 536. The largest absolute Gasteiger partial charge is 0.298 e. The van der Waals surface area contributed by atoms with E-state index in [4.69, 9.17) is 0 Å². The van der Waals surface area contributed by atoms with Crippen molar-refractivity contribution in [3.05, 3.63) is 34.4 Å². The highest BCUT2D eigenvalue weighted by molar-refractivity contribution is 6.01. The topological polar surface area (TPSA) is 34.1 Å². The zero-order valence-electron chi connectivity index (χ0n) is 11.0. The molecule has 18 heavy (non-hydrogen) atoms. The predicted molar refractivity (Wildman–Crippen MR) is 70.4 cm³/mol. The van der Waals surface area contributed by atoms with E-state index in [2.05, 4.69) is 13.8 Å². The van der Waals surface area contributed by atoms with Crippen LogP contribution in [0, 0.1) is 0 Å². The molecule has 0 saturated heterocycles. The number of benzene rings is 1. The van der Waals surface area contributed by atoms with Crippen LogP contribution in [0.4, 0.5) is 0 Å². The third kappa shape index (κ3) is 1.71. The molecule has 94 valence electrons. The van der Waals surface area contributed by atoms with Crippen molar-refractivity contribution in [1.29, 1.82) is 0 Å². The van der Waals surface area contributed by atoms with Crippen molar-refractivity contribution < 1.29 is 9.59 Å². The van der Waals surface area contributed by atoms with Gasteiger partial charge in [0.15, 0.2) is 5.78 Å². The van der Waals surface area contributed by atoms with Gasteiger partial charge in [-0.2, -0.15) is 0 Å². The summed E-state index contributed by atoms with van der Waals surface area (Å²) in [4.78, 5) is 23.3. The molecule has 0 aliphatic heterocycles. The molecule has 2 heteroatoms. The fourth-order valence-electron chi connectivity index (χ4n) is 3.00. The number of Topliss-reactive ketones (excluding diaryl/α,β-unsaturated/α-hetero) is 1. The molecule has 1 saturated carbocycles. The van der Waals surface area contributed by atoms with Crippen LogP contribution in [0.15, 0.2) is 12.1 Å². The van der Waals surface area contributed by atoms with Crippen LogP contribution in [0.5, 0.6) is 0 Å². The van der Waals surface area contributed by atoms with Gasteiger partial charge < -0.3 is 0 Å². The lowest BCUT2D eigenvalue weighted by Gasteiger charge is -2.33. The van der Waals surface area contributed by atoms with Crippen molar-refractivity contribution >= 4 is 12.1 Å². The van der Waals surface area contributed by atoms with E-state index in [1.165, 1.54) is 0 Å². The smallest absolute Gasteiger partial charge is 0.163 e. The molecule has 3 rings (SSSR count). The quantitative estimate of drug-likeness (QED) is 0.742. The molecular formula is C16H18O2. The number of carbonyl (C=O) groups excluding carboxylic acids is 2. The molecule has 0 heterocycles. The van der Waals surface area contributed by atoms with E-state index >= 15 is 0 Å². The molecule has 1 aromatic rings. The SMILES string of the molecule is CC1(C)CCC(=O)c2c(C3CC3)cc(C=O)cc21. The van der Waals surface area contributed by atoms with E-state index < -0.39 is 0 Å². The highest BCUT2D eigenvalue weighted by atomic mass is 16.1. The first-order valence-electron chi connectivity index (χ1n) is 6.70. The number of hydrogen-bond donors (Lipinski definition) is 0. The monoisotopic (exact) mass is 242 g/mol. The lowest BCUT2D eigenvalue weighted by atomic mass is 9.70. The molecule has 1 fully saturated rings. The minimum Gasteiger partial charge on any atom is -0.298 e. The number of carbonyl (C=O) groups is 2. The van der Waals surface area contributed by atoms with Gasteiger partial charge in [0.05, 0.1) is 0 Å². The highest BCUT2D eigenvalue weighted by Gasteiger charge is 2.37. The van der Waals surface area contributed by atoms with E-state index in [0.29, 0.717) is 12.3 Å². The zero-order valence-corrected chi connectivity index (χ0v) is 11.0. The Balaban J connectivity index is 2.27. The standard InChI is InChI=1S/C16H18O2/c1-16(2)6-5-14(18)15-12(11-3-4-11)7-10(9-17)8-13(15)16/h7-9,11H,3-6H2,1-2H3. The zero-order chi connectivity index (χ0) is 12.9. The maximum atomic E-state index is 12.2. The summed E-state index contributed by atoms with van der Waals surface area (Å²) in [7, 11) is 0. The second kappa shape index (κ2) is 3.78. The fourth-order valence-corrected chi connectivity index (χ4v) is 3.00. The van der Waals surface area contributed by atoms with E-state index in [0.717, 1.165) is 47.8 Å². The molecule has 0 bridgehead atoms. The maximum absolute atomic E-state index is 12.2. The summed E-state index contributed by atoms with van der Waals surface area (Å²) in [6.45, 7) is 4.34. The summed E-state index contributed by atoms with van der Waals surface area (Å²) >= 11 is 0. The predicted octanol–water partition coefficient (Wildman–Crippen LogP) is 3.63. The average molecular weight is 242 g/mol. The van der Waals surface area contributed by atoms with Gasteiger partial charge in [-0.15, -0.1) is 0 Å². The summed E-state index contributed by atoms with van der Waals surface area (Å²) in [5.41, 5.74) is 3.88. The first kappa shape index (κ1) is 11.6. The van der Waals surface area contributed by atoms with E-state index in [1.807, 2.05) is 12.1 Å². The second-order valence-electron chi connectivity index (χ2n) is 6.23. The van der Waals surface area contributed by atoms with Crippen LogP contribution >= 0.6 is 0 Å². The molecule has 2 aliphatic carbocycles. The second-order valence-corrected chi connectivity index (χ2v) is 6.23. The Labute approximate surface area is 107 Å². The fraction of sp³-hybridized carbons (Fsp3) is 0.500. The van der Waals surface area contributed by atoms with Crippen molar-refractivity contribution in [1.82, 2.24) is 0 Å². The summed E-state index contributed by atoms with van der Waals surface area (Å²) in [5, 5.41) is 0. The van der Waals surface area contributed by atoms with Crippen molar-refractivity contribution in [3.8, 4) is 0 Å². The van der Waals surface area contributed by atoms with Crippen molar-refractivity contribution in [2.45, 2.75) is 50.9 Å². The Morgan fingerprint density at radius 1 is 1.28 bits per heavy atom. The Hall–Kier alpha value is -1.44. The van der Waals surface area contributed by atoms with Crippen molar-refractivity contribution in [2.24, 2.45) is 0 Å². The lowest BCUT2D eigenvalue weighted by Crippen LogP contribution is -2.28. The molecule has 0 amide bonds. The van der Waals surface area contributed by atoms with Crippen molar-refractivity contribution in [3.63, 3.8) is 0 Å². The van der Waals surface area contributed by atoms with Gasteiger partial charge in [0.1, 0.15) is 6.29 Å². The molecule has 0 atom stereocenters. The highest BCUT2D eigenvalue weighted by Crippen LogP contribution is 2.47. The van der Waals surface area contributed by atoms with Crippen LogP contribution in [-0.2, 0) is 5.41 Å². The van der Waals surface area contributed by atoms with Gasteiger partial charge in [0.25, 0.3) is 0 Å².